The molecule has 0 aliphatic heterocycles. The van der Waals surface area contributed by atoms with Gasteiger partial charge in [-0.3, -0.25) is 0 Å². The van der Waals surface area contributed by atoms with Crippen LogP contribution in [0.25, 0.3) is 0 Å². The highest BCUT2D eigenvalue weighted by atomic mass is 16.4. The van der Waals surface area contributed by atoms with Gasteiger partial charge in [-0.25, -0.2) is 9.59 Å². The first kappa shape index (κ1) is 12.2. The molecule has 4 nitrogen and oxygen atoms in total. The van der Waals surface area contributed by atoms with E-state index in [1.807, 2.05) is 0 Å². The van der Waals surface area contributed by atoms with Gasteiger partial charge in [-0.1, -0.05) is 12.7 Å². The predicted molar refractivity (Wildman–Crippen MR) is 51.9 cm³/mol. The first-order chi connectivity index (χ1) is 6.40. The Balaban J connectivity index is 5.22. The fraction of sp³-hybridized carbons (Fsp3) is 0.200. The van der Waals surface area contributed by atoms with Gasteiger partial charge >= 0.3 is 11.9 Å². The number of carboxylic acids is 2. The molecule has 0 aliphatic rings. The minimum atomic E-state index is -1.09. The quantitative estimate of drug-likeness (QED) is 0.529. The van der Waals surface area contributed by atoms with E-state index < -0.39 is 11.9 Å². The Morgan fingerprint density at radius 3 is 1.93 bits per heavy atom. The van der Waals surface area contributed by atoms with Crippen LogP contribution < -0.4 is 0 Å². The zero-order chi connectivity index (χ0) is 11.3. The number of hydrogen-bond acceptors (Lipinski definition) is 2. The molecule has 0 saturated heterocycles. The summed E-state index contributed by atoms with van der Waals surface area (Å²) < 4.78 is 0. The van der Waals surface area contributed by atoms with Crippen molar-refractivity contribution >= 4 is 11.9 Å². The fourth-order valence-corrected chi connectivity index (χ4v) is 0.739. The van der Waals surface area contributed by atoms with Crippen LogP contribution in [0.2, 0.25) is 0 Å². The van der Waals surface area contributed by atoms with E-state index in [9.17, 15) is 9.59 Å². The zero-order valence-corrected chi connectivity index (χ0v) is 8.07. The average Bonchev–Trinajstić information content (AvgIpc) is 2.12. The number of carboxylic acid groups (broad SMARTS) is 2. The van der Waals surface area contributed by atoms with Crippen LogP contribution in [-0.4, -0.2) is 22.2 Å². The van der Waals surface area contributed by atoms with Gasteiger partial charge in [0.25, 0.3) is 0 Å². The van der Waals surface area contributed by atoms with Crippen LogP contribution in [0.3, 0.4) is 0 Å². The molecule has 14 heavy (non-hydrogen) atoms. The predicted octanol–water partition coefficient (Wildman–Crippen LogP) is 1.60. The summed E-state index contributed by atoms with van der Waals surface area (Å²) in [6.45, 7) is 6.20. The Labute approximate surface area is 81.9 Å². The maximum Gasteiger partial charge on any atom is 0.331 e. The van der Waals surface area contributed by atoms with Crippen molar-refractivity contribution in [3.63, 3.8) is 0 Å². The summed E-state index contributed by atoms with van der Waals surface area (Å²) in [5.41, 5.74) is 0.443. The third-order valence-corrected chi connectivity index (χ3v) is 1.68. The van der Waals surface area contributed by atoms with Gasteiger partial charge in [0.2, 0.25) is 0 Å². The van der Waals surface area contributed by atoms with Crippen LogP contribution >= 0.6 is 0 Å². The van der Waals surface area contributed by atoms with Crippen LogP contribution in [0.15, 0.2) is 35.5 Å². The number of hydrogen-bond donors (Lipinski definition) is 2. The maximum atomic E-state index is 10.6. The highest BCUT2D eigenvalue weighted by Gasteiger charge is 2.06. The monoisotopic (exact) mass is 196 g/mol. The van der Waals surface area contributed by atoms with E-state index in [-0.39, 0.29) is 11.1 Å². The second-order valence-electron chi connectivity index (χ2n) is 2.72. The summed E-state index contributed by atoms with van der Waals surface area (Å²) in [6.07, 6.45) is 2.59. The minimum absolute atomic E-state index is 0.0699. The van der Waals surface area contributed by atoms with Crippen LogP contribution in [0, 0.1) is 0 Å². The Morgan fingerprint density at radius 2 is 1.64 bits per heavy atom. The first-order valence-electron chi connectivity index (χ1n) is 3.88. The van der Waals surface area contributed by atoms with E-state index in [0.29, 0.717) is 5.57 Å². The summed E-state index contributed by atoms with van der Waals surface area (Å²) in [7, 11) is 0. The molecule has 0 heterocycles. The summed E-state index contributed by atoms with van der Waals surface area (Å²) >= 11 is 0. The standard InChI is InChI=1S/C10H12O4/c1-4-8(7(3)10(13)14)5-6(2)9(11)12/h4-5H,1H2,2-3H3,(H,11,12)(H,13,14)/b6-5+,8-7-. The lowest BCUT2D eigenvalue weighted by atomic mass is 10.1. The third-order valence-electron chi connectivity index (χ3n) is 1.68. The number of rotatable bonds is 4. The van der Waals surface area contributed by atoms with Crippen molar-refractivity contribution in [3.05, 3.63) is 35.5 Å². The molecule has 0 aromatic heterocycles. The molecule has 76 valence electrons. The highest BCUT2D eigenvalue weighted by Crippen LogP contribution is 2.10. The number of allylic oxidation sites excluding steroid dienone is 3. The lowest BCUT2D eigenvalue weighted by Crippen LogP contribution is -2.01. The zero-order valence-electron chi connectivity index (χ0n) is 8.07. The molecule has 0 unspecified atom stereocenters. The van der Waals surface area contributed by atoms with Crippen molar-refractivity contribution in [1.82, 2.24) is 0 Å². The third kappa shape index (κ3) is 3.26. The number of carbonyl (C=O) groups is 2. The Bertz CT molecular complexity index is 334. The van der Waals surface area contributed by atoms with E-state index in [2.05, 4.69) is 6.58 Å². The molecule has 0 aromatic carbocycles. The molecule has 0 bridgehead atoms. The first-order valence-corrected chi connectivity index (χ1v) is 3.88. The smallest absolute Gasteiger partial charge is 0.331 e. The molecule has 0 fully saturated rings. The van der Waals surface area contributed by atoms with Gasteiger partial charge in [-0.05, 0) is 25.5 Å². The van der Waals surface area contributed by atoms with E-state index in [4.69, 9.17) is 10.2 Å². The van der Waals surface area contributed by atoms with Gasteiger partial charge in [0, 0.05) is 11.1 Å². The van der Waals surface area contributed by atoms with Crippen molar-refractivity contribution < 1.29 is 19.8 Å². The van der Waals surface area contributed by atoms with Crippen molar-refractivity contribution in [3.8, 4) is 0 Å². The van der Waals surface area contributed by atoms with Gasteiger partial charge in [0.1, 0.15) is 0 Å². The Kier molecular flexibility index (Phi) is 4.35. The SMILES string of the molecule is C=CC(/C=C(\C)C(=O)O)=C(\C)C(=O)O. The van der Waals surface area contributed by atoms with Crippen LogP contribution in [-0.2, 0) is 9.59 Å². The summed E-state index contributed by atoms with van der Waals surface area (Å²) in [4.78, 5) is 21.0. The van der Waals surface area contributed by atoms with Crippen molar-refractivity contribution in [2.45, 2.75) is 13.8 Å². The lowest BCUT2D eigenvalue weighted by Gasteiger charge is -1.99. The van der Waals surface area contributed by atoms with Gasteiger partial charge in [0.15, 0.2) is 0 Å². The van der Waals surface area contributed by atoms with Gasteiger partial charge in [-0.15, -0.1) is 0 Å². The van der Waals surface area contributed by atoms with Crippen LogP contribution in [0.4, 0.5) is 0 Å². The Hall–Kier alpha value is -1.84. The summed E-state index contributed by atoms with van der Waals surface area (Å²) in [5, 5.41) is 17.2. The van der Waals surface area contributed by atoms with Gasteiger partial charge < -0.3 is 10.2 Å². The normalized spacial score (nSPS) is 13.1. The fourth-order valence-electron chi connectivity index (χ4n) is 0.739. The van der Waals surface area contributed by atoms with Gasteiger partial charge in [-0.2, -0.15) is 0 Å². The molecule has 0 aliphatic carbocycles. The molecular weight excluding hydrogens is 184 g/mol. The van der Waals surface area contributed by atoms with Crippen molar-refractivity contribution in [2.24, 2.45) is 0 Å². The minimum Gasteiger partial charge on any atom is -0.478 e. The molecule has 0 radical (unpaired) electrons. The molecule has 4 heteroatoms. The molecule has 2 N–H and O–H groups in total. The lowest BCUT2D eigenvalue weighted by molar-refractivity contribution is -0.133. The van der Waals surface area contributed by atoms with Crippen molar-refractivity contribution in [2.75, 3.05) is 0 Å². The van der Waals surface area contributed by atoms with Crippen LogP contribution in [0.1, 0.15) is 13.8 Å². The molecule has 0 atom stereocenters. The van der Waals surface area contributed by atoms with Crippen molar-refractivity contribution in [1.29, 1.82) is 0 Å². The van der Waals surface area contributed by atoms with E-state index in [1.165, 1.54) is 26.0 Å². The second-order valence-corrected chi connectivity index (χ2v) is 2.72. The molecule has 0 aromatic rings. The second kappa shape index (κ2) is 5.01. The largest absolute Gasteiger partial charge is 0.478 e. The van der Waals surface area contributed by atoms with Gasteiger partial charge in [0.05, 0.1) is 0 Å². The highest BCUT2D eigenvalue weighted by molar-refractivity contribution is 5.90. The molecule has 0 saturated carbocycles. The molecule has 0 amide bonds. The molecule has 0 spiro atoms. The molecule has 0 rings (SSSR count). The topological polar surface area (TPSA) is 74.6 Å². The number of aliphatic carboxylic acids is 2. The maximum absolute atomic E-state index is 10.6. The Morgan fingerprint density at radius 1 is 1.14 bits per heavy atom. The average molecular weight is 196 g/mol. The molecular formula is C10H12O4. The van der Waals surface area contributed by atoms with E-state index in [1.54, 1.807) is 0 Å². The van der Waals surface area contributed by atoms with E-state index in [0.717, 1.165) is 0 Å². The van der Waals surface area contributed by atoms with E-state index >= 15 is 0 Å². The summed E-state index contributed by atoms with van der Waals surface area (Å²) in [5.74, 6) is -2.17. The van der Waals surface area contributed by atoms with Crippen LogP contribution in [0.5, 0.6) is 0 Å². The summed E-state index contributed by atoms with van der Waals surface area (Å²) in [6, 6.07) is 0.